The first-order chi connectivity index (χ1) is 9.08. The van der Waals surface area contributed by atoms with Crippen molar-refractivity contribution in [2.75, 3.05) is 0 Å². The van der Waals surface area contributed by atoms with Gasteiger partial charge >= 0.3 is 0 Å². The number of hydrogen-bond acceptors (Lipinski definition) is 3. The lowest BCUT2D eigenvalue weighted by molar-refractivity contribution is 0.898. The topological polar surface area (TPSA) is 34.9 Å². The minimum Gasteiger partial charge on any atom is -0.268 e. The summed E-state index contributed by atoms with van der Waals surface area (Å²) in [7, 11) is 0. The lowest BCUT2D eigenvalue weighted by Gasteiger charge is -2.10. The van der Waals surface area contributed by atoms with Crippen molar-refractivity contribution >= 4 is 33.2 Å². The van der Waals surface area contributed by atoms with E-state index >= 15 is 0 Å². The maximum absolute atomic E-state index is 12.6. The van der Waals surface area contributed by atoms with E-state index in [1.165, 1.54) is 11.3 Å². The van der Waals surface area contributed by atoms with Crippen LogP contribution in [0.3, 0.4) is 0 Å². The number of halogens is 1. The van der Waals surface area contributed by atoms with Crippen LogP contribution in [-0.4, -0.2) is 9.55 Å². The number of fused-ring (bicyclic) bond motifs is 1. The molecule has 3 aromatic rings. The van der Waals surface area contributed by atoms with E-state index in [1.54, 1.807) is 10.6 Å². The first kappa shape index (κ1) is 12.4. The van der Waals surface area contributed by atoms with E-state index in [0.717, 1.165) is 9.71 Å². The molecule has 0 N–H and O–H groups in total. The smallest absolute Gasteiger partial charge is 0.266 e. The van der Waals surface area contributed by atoms with Gasteiger partial charge in [0.15, 0.2) is 0 Å². The molecule has 0 fully saturated rings. The molecule has 0 aliphatic heterocycles. The van der Waals surface area contributed by atoms with E-state index in [4.69, 9.17) is 11.6 Å². The Bertz CT molecular complexity index is 835. The molecule has 3 nitrogen and oxygen atoms in total. The van der Waals surface area contributed by atoms with Crippen LogP contribution in [-0.2, 0) is 0 Å². The van der Waals surface area contributed by atoms with Crippen molar-refractivity contribution < 1.29 is 0 Å². The van der Waals surface area contributed by atoms with E-state index in [-0.39, 0.29) is 5.56 Å². The van der Waals surface area contributed by atoms with Crippen molar-refractivity contribution in [2.45, 2.75) is 13.8 Å². The van der Waals surface area contributed by atoms with Gasteiger partial charge in [0.05, 0.1) is 16.1 Å². The molecule has 0 radical (unpaired) electrons. The number of aryl methyl sites for hydroxylation is 2. The van der Waals surface area contributed by atoms with E-state index in [0.29, 0.717) is 21.9 Å². The van der Waals surface area contributed by atoms with E-state index in [1.807, 2.05) is 38.1 Å². The molecule has 1 aromatic carbocycles. The van der Waals surface area contributed by atoms with Gasteiger partial charge in [-0.3, -0.25) is 9.36 Å². The normalized spacial score (nSPS) is 11.1. The summed E-state index contributed by atoms with van der Waals surface area (Å²) in [5.74, 6) is 0.646. The second-order valence-corrected chi connectivity index (χ2v) is 5.97. The van der Waals surface area contributed by atoms with Crippen LogP contribution in [0.15, 0.2) is 35.1 Å². The van der Waals surface area contributed by atoms with Gasteiger partial charge < -0.3 is 0 Å². The lowest BCUT2D eigenvalue weighted by Crippen LogP contribution is -2.21. The second-order valence-electron chi connectivity index (χ2n) is 4.33. The Hall–Kier alpha value is -1.65. The molecule has 2 aromatic heterocycles. The summed E-state index contributed by atoms with van der Waals surface area (Å²) in [5, 5.41) is 1.19. The number of thiophene rings is 1. The zero-order valence-electron chi connectivity index (χ0n) is 10.5. The fourth-order valence-electron chi connectivity index (χ4n) is 2.12. The molecular weight excluding hydrogens is 280 g/mol. The van der Waals surface area contributed by atoms with Crippen molar-refractivity contribution in [3.63, 3.8) is 0 Å². The van der Waals surface area contributed by atoms with E-state index in [9.17, 15) is 4.79 Å². The van der Waals surface area contributed by atoms with Crippen molar-refractivity contribution in [1.82, 2.24) is 9.55 Å². The molecule has 5 heteroatoms. The Labute approximate surface area is 119 Å². The van der Waals surface area contributed by atoms with Crippen LogP contribution in [0.2, 0.25) is 5.02 Å². The van der Waals surface area contributed by atoms with E-state index in [2.05, 4.69) is 4.98 Å². The third-order valence-corrected chi connectivity index (χ3v) is 4.21. The molecule has 19 heavy (non-hydrogen) atoms. The Balaban J connectivity index is 2.42. The summed E-state index contributed by atoms with van der Waals surface area (Å²) in [6.07, 6.45) is 0. The van der Waals surface area contributed by atoms with Gasteiger partial charge in [0, 0.05) is 4.88 Å². The highest BCUT2D eigenvalue weighted by Crippen LogP contribution is 2.24. The van der Waals surface area contributed by atoms with Crippen molar-refractivity contribution in [3.8, 4) is 5.69 Å². The summed E-state index contributed by atoms with van der Waals surface area (Å²) in [5.41, 5.74) is 0.602. The summed E-state index contributed by atoms with van der Waals surface area (Å²) >= 11 is 7.71. The summed E-state index contributed by atoms with van der Waals surface area (Å²) < 4.78 is 1.57. The molecule has 2 heterocycles. The largest absolute Gasteiger partial charge is 0.268 e. The van der Waals surface area contributed by atoms with Crippen molar-refractivity contribution in [1.29, 1.82) is 0 Å². The van der Waals surface area contributed by atoms with Crippen LogP contribution < -0.4 is 5.56 Å². The third kappa shape index (κ3) is 1.97. The van der Waals surface area contributed by atoms with Gasteiger partial charge in [-0.25, -0.2) is 4.98 Å². The number of aromatic nitrogens is 2. The quantitative estimate of drug-likeness (QED) is 0.685. The van der Waals surface area contributed by atoms with Crippen LogP contribution in [0.4, 0.5) is 0 Å². The van der Waals surface area contributed by atoms with Gasteiger partial charge in [0.25, 0.3) is 5.56 Å². The van der Waals surface area contributed by atoms with E-state index < -0.39 is 0 Å². The minimum absolute atomic E-state index is 0.0695. The molecular formula is C14H11ClN2OS. The molecule has 0 spiro atoms. The van der Waals surface area contributed by atoms with Crippen LogP contribution in [0.1, 0.15) is 10.7 Å². The molecule has 0 unspecified atom stereocenters. The highest BCUT2D eigenvalue weighted by molar-refractivity contribution is 7.18. The Kier molecular flexibility index (Phi) is 2.92. The number of para-hydroxylation sites is 1. The number of nitrogens with zero attached hydrogens (tertiary/aromatic N) is 2. The highest BCUT2D eigenvalue weighted by atomic mass is 35.5. The molecule has 0 amide bonds. The van der Waals surface area contributed by atoms with Crippen LogP contribution in [0, 0.1) is 13.8 Å². The van der Waals surface area contributed by atoms with Gasteiger partial charge in [-0.2, -0.15) is 0 Å². The number of hydrogen-bond donors (Lipinski definition) is 0. The molecule has 0 bridgehead atoms. The fraction of sp³-hybridized carbons (Fsp3) is 0.143. The van der Waals surface area contributed by atoms with Crippen LogP contribution >= 0.6 is 22.9 Å². The fourth-order valence-corrected chi connectivity index (χ4v) is 3.26. The Morgan fingerprint density at radius 2 is 2.00 bits per heavy atom. The minimum atomic E-state index is -0.0695. The number of rotatable bonds is 1. The average molecular weight is 291 g/mol. The summed E-state index contributed by atoms with van der Waals surface area (Å²) in [6.45, 7) is 3.79. The first-order valence-corrected chi connectivity index (χ1v) is 7.02. The summed E-state index contributed by atoms with van der Waals surface area (Å²) in [4.78, 5) is 18.9. The predicted molar refractivity (Wildman–Crippen MR) is 79.7 cm³/mol. The molecule has 0 aliphatic rings. The zero-order valence-corrected chi connectivity index (χ0v) is 12.0. The lowest BCUT2D eigenvalue weighted by atomic mass is 10.3. The monoisotopic (exact) mass is 290 g/mol. The average Bonchev–Trinajstić information content (AvgIpc) is 2.72. The molecule has 0 aliphatic carbocycles. The predicted octanol–water partition coefficient (Wildman–Crippen LogP) is 3.72. The van der Waals surface area contributed by atoms with Gasteiger partial charge in [-0.05, 0) is 32.0 Å². The Morgan fingerprint density at radius 3 is 2.74 bits per heavy atom. The molecule has 0 atom stereocenters. The van der Waals surface area contributed by atoms with Crippen LogP contribution in [0.5, 0.6) is 0 Å². The Morgan fingerprint density at radius 1 is 1.26 bits per heavy atom. The van der Waals surface area contributed by atoms with Crippen molar-refractivity contribution in [3.05, 3.63) is 56.4 Å². The zero-order chi connectivity index (χ0) is 13.6. The second kappa shape index (κ2) is 4.47. The van der Waals surface area contributed by atoms with Crippen molar-refractivity contribution in [2.24, 2.45) is 0 Å². The maximum atomic E-state index is 12.6. The van der Waals surface area contributed by atoms with Gasteiger partial charge in [-0.1, -0.05) is 23.7 Å². The summed E-state index contributed by atoms with van der Waals surface area (Å²) in [6, 6.07) is 9.17. The maximum Gasteiger partial charge on any atom is 0.266 e. The van der Waals surface area contributed by atoms with Gasteiger partial charge in [0.1, 0.15) is 10.7 Å². The van der Waals surface area contributed by atoms with Gasteiger partial charge in [-0.15, -0.1) is 11.3 Å². The number of benzene rings is 1. The SMILES string of the molecule is Cc1cc2c(=O)n(-c3ccccc3Cl)c(C)nc2s1. The molecule has 0 saturated carbocycles. The van der Waals surface area contributed by atoms with Gasteiger partial charge in [0.2, 0.25) is 0 Å². The third-order valence-electron chi connectivity index (χ3n) is 2.95. The standard InChI is InChI=1S/C14H11ClN2OS/c1-8-7-10-13(19-8)16-9(2)17(14(10)18)12-6-4-3-5-11(12)15/h3-7H,1-2H3. The molecule has 96 valence electrons. The first-order valence-electron chi connectivity index (χ1n) is 5.82. The molecule has 3 rings (SSSR count). The highest BCUT2D eigenvalue weighted by Gasteiger charge is 2.13. The molecule has 0 saturated heterocycles. The van der Waals surface area contributed by atoms with Crippen LogP contribution in [0.25, 0.3) is 15.9 Å².